The average Bonchev–Trinajstić information content (AvgIpc) is 2.67. The van der Waals surface area contributed by atoms with Crippen molar-refractivity contribution >= 4 is 5.96 Å². The average molecular weight is 355 g/mol. The number of aromatic hydroxyl groups is 1. The molecule has 3 N–H and O–H groups in total. The summed E-state index contributed by atoms with van der Waals surface area (Å²) in [6.45, 7) is 6.54. The fourth-order valence-corrected chi connectivity index (χ4v) is 2.66. The summed E-state index contributed by atoms with van der Waals surface area (Å²) in [5.74, 6) is 1.85. The summed E-state index contributed by atoms with van der Waals surface area (Å²) in [6.07, 6.45) is 0.815. The van der Waals surface area contributed by atoms with Gasteiger partial charge in [0.1, 0.15) is 0 Å². The largest absolute Gasteiger partial charge is 0.504 e. The number of rotatable bonds is 8. The summed E-state index contributed by atoms with van der Waals surface area (Å²) >= 11 is 0. The van der Waals surface area contributed by atoms with Crippen LogP contribution in [-0.2, 0) is 6.42 Å². The number of aliphatic imine (C=N–C) groups is 1. The SMILES string of the molecule is CCNC(=NCC(C)c1ccccc1)NCCc1ccc(O)c(OC)c1. The van der Waals surface area contributed by atoms with Gasteiger partial charge in [-0.3, -0.25) is 4.99 Å². The first kappa shape index (κ1) is 19.6. The lowest BCUT2D eigenvalue weighted by Crippen LogP contribution is -2.38. The molecule has 0 heterocycles. The monoisotopic (exact) mass is 355 g/mol. The van der Waals surface area contributed by atoms with Crippen molar-refractivity contribution in [3.05, 3.63) is 59.7 Å². The fourth-order valence-electron chi connectivity index (χ4n) is 2.66. The molecule has 5 heteroatoms. The predicted molar refractivity (Wildman–Crippen MR) is 107 cm³/mol. The fraction of sp³-hybridized carbons (Fsp3) is 0.381. The van der Waals surface area contributed by atoms with Crippen LogP contribution in [0.2, 0.25) is 0 Å². The minimum Gasteiger partial charge on any atom is -0.504 e. The number of nitrogens with zero attached hydrogens (tertiary/aromatic N) is 1. The molecule has 0 aliphatic carbocycles. The van der Waals surface area contributed by atoms with Crippen molar-refractivity contribution in [3.8, 4) is 11.5 Å². The normalized spacial score (nSPS) is 12.5. The smallest absolute Gasteiger partial charge is 0.191 e. The highest BCUT2D eigenvalue weighted by Crippen LogP contribution is 2.26. The van der Waals surface area contributed by atoms with Crippen molar-refractivity contribution < 1.29 is 9.84 Å². The summed E-state index contributed by atoms with van der Waals surface area (Å²) in [6, 6.07) is 15.9. The minimum absolute atomic E-state index is 0.161. The summed E-state index contributed by atoms with van der Waals surface area (Å²) in [4.78, 5) is 4.70. The first-order valence-electron chi connectivity index (χ1n) is 9.07. The van der Waals surface area contributed by atoms with E-state index in [1.807, 2.05) is 18.2 Å². The second kappa shape index (κ2) is 10.3. The number of guanidine groups is 1. The number of nitrogens with one attached hydrogen (secondary N) is 2. The number of hydrogen-bond acceptors (Lipinski definition) is 3. The van der Waals surface area contributed by atoms with Gasteiger partial charge in [-0.05, 0) is 36.6 Å². The Labute approximate surface area is 156 Å². The van der Waals surface area contributed by atoms with E-state index in [1.165, 1.54) is 5.56 Å². The van der Waals surface area contributed by atoms with Crippen LogP contribution in [0, 0.1) is 0 Å². The van der Waals surface area contributed by atoms with Crippen LogP contribution >= 0.6 is 0 Å². The molecule has 0 fully saturated rings. The molecule has 1 atom stereocenters. The van der Waals surface area contributed by atoms with Crippen LogP contribution in [0.1, 0.15) is 30.9 Å². The van der Waals surface area contributed by atoms with E-state index in [4.69, 9.17) is 9.73 Å². The van der Waals surface area contributed by atoms with Crippen molar-refractivity contribution in [3.63, 3.8) is 0 Å². The second-order valence-corrected chi connectivity index (χ2v) is 6.21. The Morgan fingerprint density at radius 2 is 1.92 bits per heavy atom. The molecule has 2 aromatic rings. The Bertz CT molecular complexity index is 702. The van der Waals surface area contributed by atoms with Gasteiger partial charge in [0, 0.05) is 25.6 Å². The van der Waals surface area contributed by atoms with Crippen LogP contribution in [0.5, 0.6) is 11.5 Å². The van der Waals surface area contributed by atoms with E-state index in [0.717, 1.165) is 37.6 Å². The van der Waals surface area contributed by atoms with Gasteiger partial charge in [-0.25, -0.2) is 0 Å². The van der Waals surface area contributed by atoms with Crippen LogP contribution in [-0.4, -0.2) is 37.8 Å². The maximum Gasteiger partial charge on any atom is 0.191 e. The topological polar surface area (TPSA) is 65.9 Å². The molecular formula is C21H29N3O2. The Morgan fingerprint density at radius 3 is 2.62 bits per heavy atom. The van der Waals surface area contributed by atoms with E-state index in [-0.39, 0.29) is 5.75 Å². The maximum absolute atomic E-state index is 9.66. The molecule has 0 aliphatic heterocycles. The van der Waals surface area contributed by atoms with Crippen molar-refractivity contribution in [2.75, 3.05) is 26.7 Å². The zero-order valence-corrected chi connectivity index (χ0v) is 15.8. The molecule has 0 aliphatic rings. The third-order valence-corrected chi connectivity index (χ3v) is 4.19. The molecular weight excluding hydrogens is 326 g/mol. The quantitative estimate of drug-likeness (QED) is 0.502. The second-order valence-electron chi connectivity index (χ2n) is 6.21. The number of benzene rings is 2. The van der Waals surface area contributed by atoms with Crippen LogP contribution < -0.4 is 15.4 Å². The lowest BCUT2D eigenvalue weighted by Gasteiger charge is -2.14. The summed E-state index contributed by atoms with van der Waals surface area (Å²) in [5.41, 5.74) is 2.39. The van der Waals surface area contributed by atoms with E-state index in [2.05, 4.69) is 48.7 Å². The highest BCUT2D eigenvalue weighted by Gasteiger charge is 2.06. The van der Waals surface area contributed by atoms with Gasteiger partial charge in [-0.2, -0.15) is 0 Å². The van der Waals surface area contributed by atoms with Gasteiger partial charge in [0.25, 0.3) is 0 Å². The van der Waals surface area contributed by atoms with Gasteiger partial charge in [0.15, 0.2) is 17.5 Å². The van der Waals surface area contributed by atoms with Crippen LogP contribution in [0.25, 0.3) is 0 Å². The molecule has 140 valence electrons. The van der Waals surface area contributed by atoms with E-state index in [0.29, 0.717) is 11.7 Å². The van der Waals surface area contributed by atoms with Gasteiger partial charge < -0.3 is 20.5 Å². The lowest BCUT2D eigenvalue weighted by molar-refractivity contribution is 0.373. The highest BCUT2D eigenvalue weighted by atomic mass is 16.5. The third-order valence-electron chi connectivity index (χ3n) is 4.19. The molecule has 0 aromatic heterocycles. The molecule has 0 spiro atoms. The van der Waals surface area contributed by atoms with E-state index < -0.39 is 0 Å². The number of phenols is 1. The molecule has 0 amide bonds. The number of hydrogen-bond donors (Lipinski definition) is 3. The first-order chi connectivity index (χ1) is 12.6. The molecule has 0 saturated carbocycles. The van der Waals surface area contributed by atoms with E-state index in [1.54, 1.807) is 13.2 Å². The van der Waals surface area contributed by atoms with E-state index in [9.17, 15) is 5.11 Å². The molecule has 5 nitrogen and oxygen atoms in total. The molecule has 26 heavy (non-hydrogen) atoms. The van der Waals surface area contributed by atoms with Gasteiger partial charge in [0.2, 0.25) is 0 Å². The van der Waals surface area contributed by atoms with Crippen LogP contribution in [0.15, 0.2) is 53.5 Å². The Kier molecular flexibility index (Phi) is 7.80. The molecule has 0 radical (unpaired) electrons. The van der Waals surface area contributed by atoms with Crippen molar-refractivity contribution in [2.24, 2.45) is 4.99 Å². The van der Waals surface area contributed by atoms with Gasteiger partial charge >= 0.3 is 0 Å². The van der Waals surface area contributed by atoms with Crippen molar-refractivity contribution in [1.29, 1.82) is 0 Å². The zero-order chi connectivity index (χ0) is 18.8. The first-order valence-corrected chi connectivity index (χ1v) is 9.07. The summed E-state index contributed by atoms with van der Waals surface area (Å²) in [7, 11) is 1.56. The van der Waals surface area contributed by atoms with E-state index >= 15 is 0 Å². The predicted octanol–water partition coefficient (Wildman–Crippen LogP) is 3.30. The van der Waals surface area contributed by atoms with Crippen molar-refractivity contribution in [2.45, 2.75) is 26.2 Å². The minimum atomic E-state index is 0.161. The summed E-state index contributed by atoms with van der Waals surface area (Å²) < 4.78 is 5.15. The van der Waals surface area contributed by atoms with Gasteiger partial charge in [-0.1, -0.05) is 43.3 Å². The maximum atomic E-state index is 9.66. The molecule has 2 aromatic carbocycles. The zero-order valence-electron chi connectivity index (χ0n) is 15.8. The number of methoxy groups -OCH3 is 1. The third kappa shape index (κ3) is 5.99. The van der Waals surface area contributed by atoms with Crippen LogP contribution in [0.4, 0.5) is 0 Å². The molecule has 1 unspecified atom stereocenters. The lowest BCUT2D eigenvalue weighted by atomic mass is 10.0. The van der Waals surface area contributed by atoms with Gasteiger partial charge in [0.05, 0.1) is 7.11 Å². The number of ether oxygens (including phenoxy) is 1. The van der Waals surface area contributed by atoms with Crippen molar-refractivity contribution in [1.82, 2.24) is 10.6 Å². The molecule has 0 saturated heterocycles. The Hall–Kier alpha value is -2.69. The molecule has 2 rings (SSSR count). The van der Waals surface area contributed by atoms with Crippen LogP contribution in [0.3, 0.4) is 0 Å². The Balaban J connectivity index is 1.89. The van der Waals surface area contributed by atoms with Gasteiger partial charge in [-0.15, -0.1) is 0 Å². The Morgan fingerprint density at radius 1 is 1.15 bits per heavy atom. The summed E-state index contributed by atoms with van der Waals surface area (Å²) in [5, 5.41) is 16.3. The number of phenolic OH excluding ortho intramolecular Hbond substituents is 1. The highest BCUT2D eigenvalue weighted by molar-refractivity contribution is 5.79. The molecule has 0 bridgehead atoms. The standard InChI is InChI=1S/C21H29N3O2/c1-4-22-21(24-15-16(2)18-8-6-5-7-9-18)23-13-12-17-10-11-19(25)20(14-17)26-3/h5-11,14,16,25H,4,12-13,15H2,1-3H3,(H2,22,23,24).